The monoisotopic (exact) mass is 485 g/mol. The number of nitriles is 1. The molecule has 1 aliphatic rings. The van der Waals surface area contributed by atoms with Crippen LogP contribution in [0.15, 0.2) is 59.5 Å². The summed E-state index contributed by atoms with van der Waals surface area (Å²) in [5, 5.41) is 20.6. The van der Waals surface area contributed by atoms with Crippen LogP contribution < -0.4 is 14.9 Å². The van der Waals surface area contributed by atoms with Crippen molar-refractivity contribution >= 4 is 33.5 Å². The van der Waals surface area contributed by atoms with Gasteiger partial charge in [-0.15, -0.1) is 0 Å². The van der Waals surface area contributed by atoms with Gasteiger partial charge >= 0.3 is 5.97 Å². The molecule has 11 nitrogen and oxygen atoms in total. The van der Waals surface area contributed by atoms with Crippen LogP contribution in [0, 0.1) is 11.3 Å². The number of nitrogens with one attached hydrogen (secondary N) is 2. The lowest BCUT2D eigenvalue weighted by atomic mass is 10.2. The van der Waals surface area contributed by atoms with Crippen molar-refractivity contribution in [2.75, 3.05) is 37.6 Å². The summed E-state index contributed by atoms with van der Waals surface area (Å²) in [6.07, 6.45) is 0. The van der Waals surface area contributed by atoms with Crippen molar-refractivity contribution in [2.24, 2.45) is 0 Å². The predicted molar refractivity (Wildman–Crippen MR) is 121 cm³/mol. The summed E-state index contributed by atoms with van der Waals surface area (Å²) in [5.74, 6) is -2.34. The van der Waals surface area contributed by atoms with Crippen LogP contribution >= 0.6 is 0 Å². The summed E-state index contributed by atoms with van der Waals surface area (Å²) < 4.78 is 26.8. The van der Waals surface area contributed by atoms with E-state index in [0.717, 1.165) is 5.69 Å². The maximum absolute atomic E-state index is 12.5. The minimum absolute atomic E-state index is 0.0494. The lowest BCUT2D eigenvalue weighted by molar-refractivity contribution is -0.139. The molecule has 2 aromatic carbocycles. The molecule has 3 N–H and O–H groups in total. The highest BCUT2D eigenvalue weighted by atomic mass is 32.2. The Balaban J connectivity index is 1.52. The van der Waals surface area contributed by atoms with Crippen LogP contribution in [0.1, 0.15) is 5.56 Å². The van der Waals surface area contributed by atoms with Crippen molar-refractivity contribution < 1.29 is 27.9 Å². The highest BCUT2D eigenvalue weighted by molar-refractivity contribution is 7.89. The third-order valence-electron chi connectivity index (χ3n) is 5.17. The van der Waals surface area contributed by atoms with Crippen LogP contribution in [0.4, 0.5) is 5.69 Å². The number of carboxylic acid groups (broad SMARTS) is 1. The normalized spacial score (nSPS) is 14.9. The number of anilines is 1. The summed E-state index contributed by atoms with van der Waals surface area (Å²) in [6.45, 7) is 0.0278. The fourth-order valence-electron chi connectivity index (χ4n) is 3.32. The lowest BCUT2D eigenvalue weighted by Gasteiger charge is -2.35. The fraction of sp³-hybridized carbons (Fsp3) is 0.273. The van der Waals surface area contributed by atoms with Crippen molar-refractivity contribution in [3.05, 3.63) is 60.2 Å². The zero-order valence-electron chi connectivity index (χ0n) is 18.0. The van der Waals surface area contributed by atoms with Crippen LogP contribution in [0.5, 0.6) is 0 Å². The summed E-state index contributed by atoms with van der Waals surface area (Å²) in [7, 11) is -4.10. The molecule has 12 heteroatoms. The average molecular weight is 486 g/mol. The number of rotatable bonds is 9. The number of piperazine rings is 1. The van der Waals surface area contributed by atoms with E-state index in [4.69, 9.17) is 5.26 Å². The molecule has 1 fully saturated rings. The highest BCUT2D eigenvalue weighted by Crippen LogP contribution is 2.17. The Labute approximate surface area is 196 Å². The molecule has 3 rings (SSSR count). The molecule has 1 atom stereocenters. The number of sulfonamides is 1. The van der Waals surface area contributed by atoms with Crippen LogP contribution in [-0.2, 0) is 24.4 Å². The number of amides is 2. The van der Waals surface area contributed by atoms with Gasteiger partial charge in [0.1, 0.15) is 6.04 Å². The Kier molecular flexibility index (Phi) is 7.83. The van der Waals surface area contributed by atoms with E-state index in [0.29, 0.717) is 12.1 Å². The number of hydrogen-bond donors (Lipinski definition) is 3. The first-order chi connectivity index (χ1) is 16.2. The number of aliphatic carboxylic acids is 1. The Morgan fingerprint density at radius 2 is 1.76 bits per heavy atom. The minimum Gasteiger partial charge on any atom is -0.480 e. The van der Waals surface area contributed by atoms with E-state index in [1.54, 1.807) is 30.3 Å². The van der Waals surface area contributed by atoms with E-state index in [9.17, 15) is 27.9 Å². The molecule has 1 heterocycles. The maximum atomic E-state index is 12.5. The van der Waals surface area contributed by atoms with Gasteiger partial charge in [-0.1, -0.05) is 18.2 Å². The Morgan fingerprint density at radius 1 is 1.09 bits per heavy atom. The molecule has 178 valence electrons. The van der Waals surface area contributed by atoms with E-state index in [1.807, 2.05) is 11.0 Å². The highest BCUT2D eigenvalue weighted by Gasteiger charge is 2.28. The number of benzene rings is 2. The largest absolute Gasteiger partial charge is 0.480 e. The zero-order chi connectivity index (χ0) is 24.7. The van der Waals surface area contributed by atoms with Crippen molar-refractivity contribution in [3.63, 3.8) is 0 Å². The number of carbonyl (C=O) groups excluding carboxylic acids is 2. The van der Waals surface area contributed by atoms with Gasteiger partial charge in [-0.05, 0) is 36.4 Å². The molecule has 0 radical (unpaired) electrons. The molecule has 0 unspecified atom stereocenters. The minimum atomic E-state index is -4.10. The molecule has 0 aliphatic carbocycles. The van der Waals surface area contributed by atoms with E-state index in [-0.39, 0.29) is 30.4 Å². The van der Waals surface area contributed by atoms with Crippen molar-refractivity contribution in [2.45, 2.75) is 10.9 Å². The first-order valence-corrected chi connectivity index (χ1v) is 11.8. The van der Waals surface area contributed by atoms with Crippen LogP contribution in [-0.4, -0.2) is 75.0 Å². The van der Waals surface area contributed by atoms with Gasteiger partial charge < -0.3 is 20.2 Å². The topological polar surface area (TPSA) is 160 Å². The van der Waals surface area contributed by atoms with E-state index < -0.39 is 34.5 Å². The average Bonchev–Trinajstić information content (AvgIpc) is 2.83. The number of hydrogen-bond acceptors (Lipinski definition) is 7. The number of nitrogens with zero attached hydrogens (tertiary/aromatic N) is 3. The molecular formula is C22H23N5O6S. The SMILES string of the molecule is N#Cc1ccc(N2CCN(CC(=O)NC[C@H](NS(=O)(=O)c3ccccc3)C(=O)O)C(=O)C2)cc1. The molecule has 0 bridgehead atoms. The molecule has 0 aromatic heterocycles. The molecular weight excluding hydrogens is 462 g/mol. The van der Waals surface area contributed by atoms with Crippen molar-refractivity contribution in [3.8, 4) is 6.07 Å². The molecule has 0 spiro atoms. The molecule has 2 amide bonds. The first kappa shape index (κ1) is 24.7. The van der Waals surface area contributed by atoms with Crippen LogP contribution in [0.2, 0.25) is 0 Å². The van der Waals surface area contributed by atoms with E-state index in [1.165, 1.54) is 29.2 Å². The second-order valence-electron chi connectivity index (χ2n) is 7.52. The van der Waals surface area contributed by atoms with Gasteiger partial charge in [0, 0.05) is 25.3 Å². The van der Waals surface area contributed by atoms with Crippen molar-refractivity contribution in [1.82, 2.24) is 14.9 Å². The molecule has 1 aliphatic heterocycles. The predicted octanol–water partition coefficient (Wildman–Crippen LogP) is -0.245. The number of carboxylic acids is 1. The van der Waals surface area contributed by atoms with Gasteiger partial charge in [-0.2, -0.15) is 9.98 Å². The standard InChI is InChI=1S/C22H23N5O6S/c23-12-16-6-8-17(9-7-16)26-10-11-27(21(29)15-26)14-20(28)24-13-19(22(30)31)25-34(32,33)18-4-2-1-3-5-18/h1-9,19,25H,10-11,13-15H2,(H,24,28)(H,30,31)/t19-/m0/s1. The van der Waals surface area contributed by atoms with Gasteiger partial charge in [0.2, 0.25) is 21.8 Å². The van der Waals surface area contributed by atoms with Gasteiger partial charge in [-0.3, -0.25) is 14.4 Å². The van der Waals surface area contributed by atoms with E-state index in [2.05, 4.69) is 10.0 Å². The Bertz CT molecular complexity index is 1190. The van der Waals surface area contributed by atoms with Gasteiger partial charge in [0.25, 0.3) is 0 Å². The Hall–Kier alpha value is -3.95. The van der Waals surface area contributed by atoms with Crippen LogP contribution in [0.3, 0.4) is 0 Å². The third kappa shape index (κ3) is 6.31. The smallest absolute Gasteiger partial charge is 0.323 e. The summed E-state index contributed by atoms with van der Waals surface area (Å²) >= 11 is 0. The van der Waals surface area contributed by atoms with Crippen molar-refractivity contribution in [1.29, 1.82) is 5.26 Å². The molecule has 0 saturated carbocycles. The summed E-state index contributed by atoms with van der Waals surface area (Å²) in [5.41, 5.74) is 1.29. The van der Waals surface area contributed by atoms with E-state index >= 15 is 0 Å². The quantitative estimate of drug-likeness (QED) is 0.438. The molecule has 34 heavy (non-hydrogen) atoms. The van der Waals surface area contributed by atoms with Crippen LogP contribution in [0.25, 0.3) is 0 Å². The van der Waals surface area contributed by atoms with Gasteiger partial charge in [-0.25, -0.2) is 8.42 Å². The van der Waals surface area contributed by atoms with Gasteiger partial charge in [0.05, 0.1) is 29.6 Å². The van der Waals surface area contributed by atoms with Gasteiger partial charge in [0.15, 0.2) is 0 Å². The second kappa shape index (κ2) is 10.8. The summed E-state index contributed by atoms with van der Waals surface area (Å²) in [4.78, 5) is 39.4. The third-order valence-corrected chi connectivity index (χ3v) is 6.65. The fourth-order valence-corrected chi connectivity index (χ4v) is 4.53. The summed E-state index contributed by atoms with van der Waals surface area (Å²) in [6, 6.07) is 14.5. The Morgan fingerprint density at radius 3 is 2.35 bits per heavy atom. The first-order valence-electron chi connectivity index (χ1n) is 10.3. The zero-order valence-corrected chi connectivity index (χ0v) is 18.9. The molecule has 1 saturated heterocycles. The lowest BCUT2D eigenvalue weighted by Crippen LogP contribution is -2.54. The molecule has 2 aromatic rings. The number of carbonyl (C=O) groups is 3. The maximum Gasteiger partial charge on any atom is 0.323 e. The second-order valence-corrected chi connectivity index (χ2v) is 9.24.